The third-order valence-electron chi connectivity index (χ3n) is 4.90. The molecule has 0 radical (unpaired) electrons. The van der Waals surface area contributed by atoms with Crippen LogP contribution in [0.3, 0.4) is 0 Å². The molecule has 0 saturated carbocycles. The van der Waals surface area contributed by atoms with Crippen LogP contribution in [-0.4, -0.2) is 52.3 Å². The van der Waals surface area contributed by atoms with Gasteiger partial charge in [0.25, 0.3) is 11.5 Å². The van der Waals surface area contributed by atoms with Gasteiger partial charge >= 0.3 is 5.97 Å². The average Bonchev–Trinajstić information content (AvgIpc) is 3.43. The van der Waals surface area contributed by atoms with Crippen LogP contribution in [0.15, 0.2) is 40.6 Å². The molecule has 1 aromatic carbocycles. The molecule has 0 aliphatic rings. The number of aromatic nitrogens is 4. The Kier molecular flexibility index (Phi) is 6.32. The zero-order valence-electron chi connectivity index (χ0n) is 18.8. The molecule has 11 nitrogen and oxygen atoms in total. The second-order valence-electron chi connectivity index (χ2n) is 7.02. The molecule has 4 rings (SSSR count). The van der Waals surface area contributed by atoms with E-state index in [4.69, 9.17) is 14.2 Å². The lowest BCUT2D eigenvalue weighted by atomic mass is 10.2. The number of hydrogen-bond donors (Lipinski definition) is 1. The number of methoxy groups -OCH3 is 2. The second-order valence-corrected chi connectivity index (χ2v) is 7.90. The zero-order chi connectivity index (χ0) is 24.4. The van der Waals surface area contributed by atoms with Crippen molar-refractivity contribution in [3.8, 4) is 17.3 Å². The number of hydrogen-bond acceptors (Lipinski definition) is 9. The minimum absolute atomic E-state index is 0.0389. The minimum atomic E-state index is -0.681. The Morgan fingerprint density at radius 3 is 2.50 bits per heavy atom. The monoisotopic (exact) mass is 483 g/mol. The molecule has 0 bridgehead atoms. The Bertz CT molecular complexity index is 1440. The van der Waals surface area contributed by atoms with Gasteiger partial charge in [-0.05, 0) is 31.2 Å². The molecule has 3 heterocycles. The van der Waals surface area contributed by atoms with E-state index in [1.165, 1.54) is 25.1 Å². The quantitative estimate of drug-likeness (QED) is 0.398. The molecule has 4 aromatic rings. The van der Waals surface area contributed by atoms with Crippen molar-refractivity contribution in [2.24, 2.45) is 7.05 Å². The van der Waals surface area contributed by atoms with E-state index < -0.39 is 17.4 Å². The van der Waals surface area contributed by atoms with Crippen LogP contribution in [0.4, 0.5) is 5.00 Å². The van der Waals surface area contributed by atoms with E-state index in [0.29, 0.717) is 11.4 Å². The van der Waals surface area contributed by atoms with Gasteiger partial charge in [0.2, 0.25) is 5.88 Å². The number of thiophene rings is 1. The highest BCUT2D eigenvalue weighted by molar-refractivity contribution is 7.16. The normalized spacial score (nSPS) is 10.8. The Labute approximate surface area is 197 Å². The molecule has 12 heteroatoms. The smallest absolute Gasteiger partial charge is 0.359 e. The van der Waals surface area contributed by atoms with Crippen LogP contribution >= 0.6 is 11.3 Å². The van der Waals surface area contributed by atoms with Gasteiger partial charge in [-0.25, -0.2) is 4.79 Å². The maximum absolute atomic E-state index is 13.5. The van der Waals surface area contributed by atoms with E-state index in [9.17, 15) is 14.4 Å². The fraction of sp³-hybridized carbons (Fsp3) is 0.227. The summed E-state index contributed by atoms with van der Waals surface area (Å²) in [5.41, 5.74) is 0.0586. The van der Waals surface area contributed by atoms with Crippen LogP contribution < -0.4 is 20.3 Å². The number of benzene rings is 1. The fourth-order valence-corrected chi connectivity index (χ4v) is 4.27. The molecule has 0 saturated heterocycles. The molecule has 34 heavy (non-hydrogen) atoms. The molecular formula is C22H21N5O6S. The largest absolute Gasteiger partial charge is 0.497 e. The summed E-state index contributed by atoms with van der Waals surface area (Å²) < 4.78 is 18.0. The molecule has 1 N–H and O–H groups in total. The Hall–Kier alpha value is -4.19. The molecule has 3 aromatic heterocycles. The first-order valence-electron chi connectivity index (χ1n) is 10.1. The molecule has 0 spiro atoms. The van der Waals surface area contributed by atoms with E-state index in [1.807, 2.05) is 0 Å². The van der Waals surface area contributed by atoms with Crippen molar-refractivity contribution < 1.29 is 23.8 Å². The first-order chi connectivity index (χ1) is 16.4. The van der Waals surface area contributed by atoms with Crippen molar-refractivity contribution in [3.05, 3.63) is 57.5 Å². The zero-order valence-corrected chi connectivity index (χ0v) is 19.6. The summed E-state index contributed by atoms with van der Waals surface area (Å²) in [6.45, 7) is 1.81. The van der Waals surface area contributed by atoms with Gasteiger partial charge in [-0.3, -0.25) is 14.3 Å². The number of aryl methyl sites for hydroxylation is 1. The highest BCUT2D eigenvalue weighted by Crippen LogP contribution is 2.31. The van der Waals surface area contributed by atoms with Crippen LogP contribution in [-0.2, 0) is 11.8 Å². The molecule has 0 aliphatic carbocycles. The van der Waals surface area contributed by atoms with Crippen molar-refractivity contribution in [2.75, 3.05) is 26.1 Å². The van der Waals surface area contributed by atoms with Crippen molar-refractivity contribution in [1.29, 1.82) is 0 Å². The van der Waals surface area contributed by atoms with Gasteiger partial charge in [0.1, 0.15) is 16.3 Å². The highest BCUT2D eigenvalue weighted by Gasteiger charge is 2.24. The first kappa shape index (κ1) is 23.0. The van der Waals surface area contributed by atoms with Gasteiger partial charge in [0.15, 0.2) is 5.69 Å². The van der Waals surface area contributed by atoms with Crippen molar-refractivity contribution in [2.45, 2.75) is 6.92 Å². The average molecular weight is 484 g/mol. The van der Waals surface area contributed by atoms with Crippen molar-refractivity contribution in [1.82, 2.24) is 19.6 Å². The Balaban J connectivity index is 1.87. The van der Waals surface area contributed by atoms with Gasteiger partial charge in [-0.1, -0.05) is 0 Å². The van der Waals surface area contributed by atoms with Gasteiger partial charge in [0.05, 0.1) is 31.9 Å². The third-order valence-corrected chi connectivity index (χ3v) is 5.79. The molecule has 0 aliphatic heterocycles. The molecule has 0 unspecified atom stereocenters. The number of nitrogens with zero attached hydrogens (tertiary/aromatic N) is 4. The number of rotatable bonds is 7. The maximum atomic E-state index is 13.5. The number of carbonyl (C=O) groups excluding carboxylic acids is 2. The molecule has 176 valence electrons. The van der Waals surface area contributed by atoms with E-state index >= 15 is 0 Å². The molecule has 1 amide bonds. The van der Waals surface area contributed by atoms with Crippen molar-refractivity contribution >= 4 is 39.0 Å². The van der Waals surface area contributed by atoms with Gasteiger partial charge in [-0.2, -0.15) is 9.78 Å². The third kappa shape index (κ3) is 4.10. The topological polar surface area (TPSA) is 127 Å². The number of fused-ring (bicyclic) bond motifs is 1. The lowest BCUT2D eigenvalue weighted by Gasteiger charge is -2.10. The summed E-state index contributed by atoms with van der Waals surface area (Å²) in [6, 6.07) is 6.61. The van der Waals surface area contributed by atoms with Crippen LogP contribution in [0.25, 0.3) is 16.5 Å². The van der Waals surface area contributed by atoms with E-state index in [2.05, 4.69) is 15.5 Å². The number of ether oxygens (including phenoxy) is 3. The van der Waals surface area contributed by atoms with Gasteiger partial charge in [0, 0.05) is 24.0 Å². The van der Waals surface area contributed by atoms with Crippen LogP contribution in [0.5, 0.6) is 11.6 Å². The summed E-state index contributed by atoms with van der Waals surface area (Å²) in [7, 11) is 4.59. The highest BCUT2D eigenvalue weighted by atomic mass is 32.1. The SMILES string of the molecule is CCOC(=O)c1nn(-c2ccc(OC)cc2)c(=O)c2c(NC(=O)c3cn(C)nc3OC)scc12. The predicted octanol–water partition coefficient (Wildman–Crippen LogP) is 2.63. The number of esters is 1. The van der Waals surface area contributed by atoms with E-state index in [1.54, 1.807) is 43.6 Å². The van der Waals surface area contributed by atoms with Gasteiger partial charge in [-0.15, -0.1) is 16.4 Å². The predicted molar refractivity (Wildman–Crippen MR) is 125 cm³/mol. The summed E-state index contributed by atoms with van der Waals surface area (Å²) in [6.07, 6.45) is 1.51. The second kappa shape index (κ2) is 9.35. The first-order valence-corrected chi connectivity index (χ1v) is 11.0. The lowest BCUT2D eigenvalue weighted by Crippen LogP contribution is -2.25. The number of amides is 1. The number of nitrogens with one attached hydrogen (secondary N) is 1. The Morgan fingerprint density at radius 2 is 1.85 bits per heavy atom. The maximum Gasteiger partial charge on any atom is 0.359 e. The van der Waals surface area contributed by atoms with Crippen LogP contribution in [0.1, 0.15) is 27.8 Å². The Morgan fingerprint density at radius 1 is 1.12 bits per heavy atom. The van der Waals surface area contributed by atoms with E-state index in [0.717, 1.165) is 16.0 Å². The molecular weight excluding hydrogens is 462 g/mol. The summed E-state index contributed by atoms with van der Waals surface area (Å²) >= 11 is 1.10. The summed E-state index contributed by atoms with van der Waals surface area (Å²) in [5.74, 6) is -0.458. The van der Waals surface area contributed by atoms with E-state index in [-0.39, 0.29) is 39.5 Å². The summed E-state index contributed by atoms with van der Waals surface area (Å²) in [5, 5.41) is 13.4. The number of anilines is 1. The standard InChI is InChI=1S/C22H21N5O6S/c1-5-33-22(30)17-15-11-34-20(23-18(28)14-10-26(2)25-19(14)32-4)16(15)21(29)27(24-17)12-6-8-13(31-3)9-7-12/h6-11H,5H2,1-4H3,(H,23,28). The van der Waals surface area contributed by atoms with Crippen LogP contribution in [0.2, 0.25) is 0 Å². The summed E-state index contributed by atoms with van der Waals surface area (Å²) in [4.78, 5) is 39.1. The molecule has 0 atom stereocenters. The lowest BCUT2D eigenvalue weighted by molar-refractivity contribution is 0.0520. The van der Waals surface area contributed by atoms with Gasteiger partial charge < -0.3 is 19.5 Å². The molecule has 0 fully saturated rings. The number of carbonyl (C=O) groups is 2. The fourth-order valence-electron chi connectivity index (χ4n) is 3.34. The van der Waals surface area contributed by atoms with Crippen LogP contribution in [0, 0.1) is 0 Å². The minimum Gasteiger partial charge on any atom is -0.497 e. The van der Waals surface area contributed by atoms with Crippen molar-refractivity contribution in [3.63, 3.8) is 0 Å².